The van der Waals surface area contributed by atoms with Crippen LogP contribution in [0.2, 0.25) is 0 Å². The molecule has 4 rings (SSSR count). The Bertz CT molecular complexity index is 1160. The molecule has 0 amide bonds. The highest BCUT2D eigenvalue weighted by atomic mass is 19.4. The summed E-state index contributed by atoms with van der Waals surface area (Å²) in [5.74, 6) is -4.76. The molecule has 1 atom stereocenters. The highest BCUT2D eigenvalue weighted by Crippen LogP contribution is 2.41. The second-order valence-electron chi connectivity index (χ2n) is 7.36. The first-order valence-electron chi connectivity index (χ1n) is 9.58. The highest BCUT2D eigenvalue weighted by Gasteiger charge is 2.38. The van der Waals surface area contributed by atoms with Crippen LogP contribution < -0.4 is 4.90 Å². The van der Waals surface area contributed by atoms with Crippen molar-refractivity contribution in [2.45, 2.75) is 12.2 Å². The number of benzene rings is 1. The van der Waals surface area contributed by atoms with Crippen molar-refractivity contribution in [3.8, 4) is 17.0 Å². The van der Waals surface area contributed by atoms with Gasteiger partial charge in [-0.25, -0.2) is 13.8 Å². The minimum absolute atomic E-state index is 0.0905. The van der Waals surface area contributed by atoms with E-state index in [1.165, 1.54) is 17.9 Å². The fourth-order valence-corrected chi connectivity index (χ4v) is 3.79. The zero-order chi connectivity index (χ0) is 23.2. The third-order valence-corrected chi connectivity index (χ3v) is 5.34. The molecule has 12 heteroatoms. The average molecular weight is 458 g/mol. The number of hydrogen-bond acceptors (Lipinski definition) is 6. The normalized spacial score (nSPS) is 17.3. The Balaban J connectivity index is 1.84. The number of anilines is 1. The number of morpholine rings is 1. The van der Waals surface area contributed by atoms with Gasteiger partial charge in [-0.05, 0) is 6.07 Å². The van der Waals surface area contributed by atoms with E-state index < -0.39 is 34.7 Å². The van der Waals surface area contributed by atoms with Crippen LogP contribution in [0.5, 0.6) is 5.75 Å². The molecule has 32 heavy (non-hydrogen) atoms. The fraction of sp³-hybridized carbons (Fsp3) is 0.400. The smallest absolute Gasteiger partial charge is 0.419 e. The van der Waals surface area contributed by atoms with E-state index in [9.17, 15) is 27.1 Å². The van der Waals surface area contributed by atoms with Crippen LogP contribution in [0.25, 0.3) is 22.2 Å². The second kappa shape index (κ2) is 8.17. The van der Waals surface area contributed by atoms with Gasteiger partial charge in [0.1, 0.15) is 11.5 Å². The van der Waals surface area contributed by atoms with Crippen LogP contribution in [0, 0.1) is 11.6 Å². The lowest BCUT2D eigenvalue weighted by molar-refractivity contribution is -0.140. The molecule has 172 valence electrons. The number of phenols is 1. The molecule has 1 unspecified atom stereocenters. The number of pyridine rings is 1. The number of rotatable bonds is 4. The lowest BCUT2D eigenvalue weighted by Gasteiger charge is -2.36. The monoisotopic (exact) mass is 458 g/mol. The van der Waals surface area contributed by atoms with Crippen molar-refractivity contribution in [1.29, 1.82) is 0 Å². The Morgan fingerprint density at radius 3 is 2.69 bits per heavy atom. The number of aromatic nitrogens is 3. The van der Waals surface area contributed by atoms with Crippen molar-refractivity contribution < 1.29 is 36.5 Å². The van der Waals surface area contributed by atoms with E-state index in [1.807, 2.05) is 4.90 Å². The van der Waals surface area contributed by atoms with Crippen LogP contribution in [-0.4, -0.2) is 59.4 Å². The molecule has 1 saturated heterocycles. The molecule has 0 radical (unpaired) electrons. The predicted molar refractivity (Wildman–Crippen MR) is 104 cm³/mol. The van der Waals surface area contributed by atoms with Crippen molar-refractivity contribution in [3.05, 3.63) is 35.5 Å². The number of methoxy groups -OCH3 is 1. The maximum atomic E-state index is 14.6. The standard InChI is InChI=1S/C20H19F5N4O3/c1-28-14-6-15(29-3-4-32-9-10(29)8-31-2)26-7-12(14)18(27-28)11-5-13(20(23,24)25)17(22)19(30)16(11)21/h5-7,10,30H,3-4,8-9H2,1-2H3. The largest absolute Gasteiger partial charge is 0.503 e. The van der Waals surface area contributed by atoms with Gasteiger partial charge in [0.25, 0.3) is 0 Å². The van der Waals surface area contributed by atoms with Gasteiger partial charge in [0.15, 0.2) is 17.4 Å². The molecule has 1 fully saturated rings. The molecule has 3 aromatic rings. The van der Waals surface area contributed by atoms with Gasteiger partial charge in [-0.1, -0.05) is 0 Å². The van der Waals surface area contributed by atoms with Gasteiger partial charge in [0, 0.05) is 43.9 Å². The molecular weight excluding hydrogens is 439 g/mol. The maximum Gasteiger partial charge on any atom is 0.419 e. The number of phenolic OH excluding ortho intramolecular Hbond substituents is 1. The van der Waals surface area contributed by atoms with Crippen molar-refractivity contribution >= 4 is 16.7 Å². The Morgan fingerprint density at radius 1 is 1.25 bits per heavy atom. The third-order valence-electron chi connectivity index (χ3n) is 5.34. The maximum absolute atomic E-state index is 14.6. The SMILES string of the molecule is COCC1COCCN1c1cc2c(cn1)c(-c1cc(C(F)(F)F)c(F)c(O)c1F)nn2C. The highest BCUT2D eigenvalue weighted by molar-refractivity contribution is 5.94. The minimum atomic E-state index is -5.13. The van der Waals surface area contributed by atoms with Crippen molar-refractivity contribution in [2.24, 2.45) is 7.05 Å². The first kappa shape index (κ1) is 22.2. The second-order valence-corrected chi connectivity index (χ2v) is 7.36. The summed E-state index contributed by atoms with van der Waals surface area (Å²) in [7, 11) is 3.10. The zero-order valence-electron chi connectivity index (χ0n) is 17.1. The summed E-state index contributed by atoms with van der Waals surface area (Å²) in [5, 5.41) is 14.0. The topological polar surface area (TPSA) is 72.6 Å². The van der Waals surface area contributed by atoms with Crippen LogP contribution in [0.3, 0.4) is 0 Å². The van der Waals surface area contributed by atoms with Crippen molar-refractivity contribution in [3.63, 3.8) is 0 Å². The molecule has 0 aliphatic carbocycles. The van der Waals surface area contributed by atoms with Crippen LogP contribution >= 0.6 is 0 Å². The lowest BCUT2D eigenvalue weighted by atomic mass is 10.0. The van der Waals surface area contributed by atoms with Crippen LogP contribution in [0.1, 0.15) is 5.56 Å². The Morgan fingerprint density at radius 2 is 2.00 bits per heavy atom. The van der Waals surface area contributed by atoms with Crippen LogP contribution in [-0.2, 0) is 22.7 Å². The molecule has 0 saturated carbocycles. The first-order valence-corrected chi connectivity index (χ1v) is 9.58. The molecule has 7 nitrogen and oxygen atoms in total. The van der Waals surface area contributed by atoms with E-state index >= 15 is 0 Å². The number of halogens is 5. The molecule has 3 heterocycles. The number of nitrogens with zero attached hydrogens (tertiary/aromatic N) is 4. The molecule has 1 aliphatic heterocycles. The average Bonchev–Trinajstić information content (AvgIpc) is 3.08. The summed E-state index contributed by atoms with van der Waals surface area (Å²) < 4.78 is 80.1. The van der Waals surface area contributed by atoms with Crippen LogP contribution in [0.15, 0.2) is 18.3 Å². The van der Waals surface area contributed by atoms with E-state index in [2.05, 4.69) is 10.1 Å². The minimum Gasteiger partial charge on any atom is -0.503 e. The number of ether oxygens (including phenoxy) is 2. The summed E-state index contributed by atoms with van der Waals surface area (Å²) in [4.78, 5) is 6.36. The summed E-state index contributed by atoms with van der Waals surface area (Å²) in [6.45, 7) is 1.87. The van der Waals surface area contributed by atoms with E-state index in [0.29, 0.717) is 43.8 Å². The Labute approximate surface area is 179 Å². The van der Waals surface area contributed by atoms with E-state index in [1.54, 1.807) is 13.2 Å². The van der Waals surface area contributed by atoms with Gasteiger partial charge in [-0.15, -0.1) is 0 Å². The quantitative estimate of drug-likeness (QED) is 0.604. The van der Waals surface area contributed by atoms with E-state index in [0.717, 1.165) is 0 Å². The molecule has 0 bridgehead atoms. The third kappa shape index (κ3) is 3.73. The number of aromatic hydroxyl groups is 1. The molecule has 1 N–H and O–H groups in total. The summed E-state index contributed by atoms with van der Waals surface area (Å²) in [5.41, 5.74) is -2.20. The Hall–Kier alpha value is -2.99. The van der Waals surface area contributed by atoms with Crippen LogP contribution in [0.4, 0.5) is 27.8 Å². The number of hydrogen-bond donors (Lipinski definition) is 1. The summed E-state index contributed by atoms with van der Waals surface area (Å²) >= 11 is 0. The molecule has 0 spiro atoms. The summed E-state index contributed by atoms with van der Waals surface area (Å²) in [6, 6.07) is 1.88. The fourth-order valence-electron chi connectivity index (χ4n) is 3.79. The molecule has 1 aliphatic rings. The first-order chi connectivity index (χ1) is 15.1. The van der Waals surface area contributed by atoms with Gasteiger partial charge in [0.05, 0.1) is 36.9 Å². The van der Waals surface area contributed by atoms with E-state index in [4.69, 9.17) is 9.47 Å². The van der Waals surface area contributed by atoms with Gasteiger partial charge in [-0.3, -0.25) is 4.68 Å². The number of fused-ring (bicyclic) bond motifs is 1. The van der Waals surface area contributed by atoms with Gasteiger partial charge in [-0.2, -0.15) is 18.3 Å². The number of alkyl halides is 3. The van der Waals surface area contributed by atoms with E-state index in [-0.39, 0.29) is 17.1 Å². The van der Waals surface area contributed by atoms with Crippen molar-refractivity contribution in [2.75, 3.05) is 38.4 Å². The molecular formula is C20H19F5N4O3. The van der Waals surface area contributed by atoms with Gasteiger partial charge < -0.3 is 19.5 Å². The lowest BCUT2D eigenvalue weighted by Crippen LogP contribution is -2.48. The predicted octanol–water partition coefficient (Wildman–Crippen LogP) is 3.49. The summed E-state index contributed by atoms with van der Waals surface area (Å²) in [6.07, 6.45) is -3.77. The van der Waals surface area contributed by atoms with Crippen molar-refractivity contribution in [1.82, 2.24) is 14.8 Å². The molecule has 2 aromatic heterocycles. The number of aryl methyl sites for hydroxylation is 1. The molecule has 1 aromatic carbocycles. The van der Waals surface area contributed by atoms with Gasteiger partial charge >= 0.3 is 6.18 Å². The zero-order valence-corrected chi connectivity index (χ0v) is 17.1. The Kier molecular flexibility index (Phi) is 5.67. The van der Waals surface area contributed by atoms with Gasteiger partial charge in [0.2, 0.25) is 0 Å².